The van der Waals surface area contributed by atoms with Crippen LogP contribution in [0.5, 0.6) is 0 Å². The third kappa shape index (κ3) is 2.47. The van der Waals surface area contributed by atoms with E-state index < -0.39 is 11.9 Å². The van der Waals surface area contributed by atoms with Gasteiger partial charge in [-0.3, -0.25) is 4.79 Å². The second kappa shape index (κ2) is 4.30. The molecule has 1 aromatic rings. The van der Waals surface area contributed by atoms with Gasteiger partial charge in [0, 0.05) is 0 Å². The molecule has 0 saturated carbocycles. The van der Waals surface area contributed by atoms with E-state index in [4.69, 9.17) is 11.5 Å². The summed E-state index contributed by atoms with van der Waals surface area (Å²) in [6.45, 7) is 0. The Morgan fingerprint density at radius 1 is 1.31 bits per heavy atom. The van der Waals surface area contributed by atoms with Gasteiger partial charge >= 0.3 is 0 Å². The average Bonchev–Trinajstić information content (AvgIpc) is 2.17. The Bertz CT molecular complexity index is 289. The largest absolute Gasteiger partial charge is 0.368 e. The lowest BCUT2D eigenvalue weighted by atomic mass is 10.1. The maximum atomic E-state index is 10.8. The molecule has 0 aliphatic heterocycles. The highest BCUT2D eigenvalue weighted by atomic mass is 32.1. The molecule has 0 aromatic heterocycles. The molecule has 4 heteroatoms. The normalized spacial score (nSPS) is 14.9. The van der Waals surface area contributed by atoms with Crippen LogP contribution in [-0.4, -0.2) is 11.9 Å². The summed E-state index contributed by atoms with van der Waals surface area (Å²) in [5.74, 6) is -0.538. The number of benzene rings is 1. The van der Waals surface area contributed by atoms with Gasteiger partial charge in [0.05, 0.1) is 11.3 Å². The molecule has 0 aliphatic rings. The molecule has 70 valence electrons. The molecule has 13 heavy (non-hydrogen) atoms. The summed E-state index contributed by atoms with van der Waals surface area (Å²) in [5, 5.41) is -0.335. The number of nitrogens with two attached hydrogens (primary N) is 2. The summed E-state index contributed by atoms with van der Waals surface area (Å²) >= 11 is 4.23. The number of thiol groups is 1. The summed E-state index contributed by atoms with van der Waals surface area (Å²) in [4.78, 5) is 10.8. The number of hydrogen-bond acceptors (Lipinski definition) is 3. The molecule has 1 unspecified atom stereocenters. The lowest BCUT2D eigenvalue weighted by Crippen LogP contribution is -2.39. The summed E-state index contributed by atoms with van der Waals surface area (Å²) < 4.78 is 0. The summed E-state index contributed by atoms with van der Waals surface area (Å²) in [5.41, 5.74) is 11.5. The van der Waals surface area contributed by atoms with E-state index in [0.717, 1.165) is 5.56 Å². The third-order valence-corrected chi connectivity index (χ3v) is 2.43. The van der Waals surface area contributed by atoms with Crippen LogP contribution in [0.3, 0.4) is 0 Å². The number of hydrogen-bond donors (Lipinski definition) is 3. The van der Waals surface area contributed by atoms with Gasteiger partial charge in [0.25, 0.3) is 0 Å². The van der Waals surface area contributed by atoms with Crippen molar-refractivity contribution in [2.24, 2.45) is 11.5 Å². The summed E-state index contributed by atoms with van der Waals surface area (Å²) in [6.07, 6.45) is 0. The minimum Gasteiger partial charge on any atom is -0.368 e. The monoisotopic (exact) mass is 196 g/mol. The van der Waals surface area contributed by atoms with Crippen molar-refractivity contribution in [3.8, 4) is 0 Å². The van der Waals surface area contributed by atoms with Crippen molar-refractivity contribution in [1.29, 1.82) is 0 Å². The van der Waals surface area contributed by atoms with Gasteiger partial charge in [-0.25, -0.2) is 0 Å². The Morgan fingerprint density at radius 3 is 2.31 bits per heavy atom. The quantitative estimate of drug-likeness (QED) is 0.615. The van der Waals surface area contributed by atoms with Gasteiger partial charge in [-0.1, -0.05) is 30.3 Å². The number of rotatable bonds is 3. The van der Waals surface area contributed by atoms with Gasteiger partial charge in [0.1, 0.15) is 0 Å². The molecule has 1 rings (SSSR count). The van der Waals surface area contributed by atoms with Gasteiger partial charge < -0.3 is 11.5 Å². The third-order valence-electron chi connectivity index (χ3n) is 1.81. The lowest BCUT2D eigenvalue weighted by Gasteiger charge is -2.15. The Labute approximate surface area is 82.5 Å². The maximum absolute atomic E-state index is 10.8. The fourth-order valence-corrected chi connectivity index (χ4v) is 1.33. The van der Waals surface area contributed by atoms with Crippen molar-refractivity contribution in [3.63, 3.8) is 0 Å². The molecular weight excluding hydrogens is 184 g/mol. The van der Waals surface area contributed by atoms with Crippen molar-refractivity contribution in [3.05, 3.63) is 35.9 Å². The van der Waals surface area contributed by atoms with Crippen molar-refractivity contribution >= 4 is 18.5 Å². The van der Waals surface area contributed by atoms with Crippen molar-refractivity contribution in [2.75, 3.05) is 0 Å². The van der Waals surface area contributed by atoms with Crippen LogP contribution in [-0.2, 0) is 4.79 Å². The van der Waals surface area contributed by atoms with E-state index in [0.29, 0.717) is 0 Å². The predicted molar refractivity (Wildman–Crippen MR) is 55.3 cm³/mol. The van der Waals surface area contributed by atoms with Crippen LogP contribution >= 0.6 is 12.6 Å². The van der Waals surface area contributed by atoms with E-state index in [1.807, 2.05) is 30.3 Å². The second-order valence-electron chi connectivity index (χ2n) is 2.78. The Balaban J connectivity index is 2.79. The Kier molecular flexibility index (Phi) is 3.33. The summed E-state index contributed by atoms with van der Waals surface area (Å²) in [7, 11) is 0. The van der Waals surface area contributed by atoms with Crippen LogP contribution in [0.4, 0.5) is 0 Å². The molecule has 0 aliphatic carbocycles. The highest BCUT2D eigenvalue weighted by Crippen LogP contribution is 2.21. The fourth-order valence-electron chi connectivity index (χ4n) is 1.01. The van der Waals surface area contributed by atoms with Gasteiger partial charge in [0.15, 0.2) is 0 Å². The first-order chi connectivity index (χ1) is 6.13. The maximum Gasteiger partial charge on any atom is 0.235 e. The zero-order valence-corrected chi connectivity index (χ0v) is 7.95. The molecule has 2 atom stereocenters. The van der Waals surface area contributed by atoms with Crippen molar-refractivity contribution in [2.45, 2.75) is 11.3 Å². The molecule has 0 spiro atoms. The molecule has 0 bridgehead atoms. The van der Waals surface area contributed by atoms with Gasteiger partial charge in [-0.05, 0) is 5.56 Å². The van der Waals surface area contributed by atoms with Gasteiger partial charge in [-0.2, -0.15) is 12.6 Å². The van der Waals surface area contributed by atoms with E-state index in [1.165, 1.54) is 0 Å². The molecule has 3 nitrogen and oxygen atoms in total. The van der Waals surface area contributed by atoms with E-state index >= 15 is 0 Å². The molecule has 4 N–H and O–H groups in total. The van der Waals surface area contributed by atoms with Crippen LogP contribution in [0.2, 0.25) is 0 Å². The average molecular weight is 196 g/mol. The smallest absolute Gasteiger partial charge is 0.235 e. The van der Waals surface area contributed by atoms with E-state index in [1.54, 1.807) is 0 Å². The SMILES string of the molecule is NC(=O)[C@@H](N)C(S)c1ccccc1. The zero-order valence-electron chi connectivity index (χ0n) is 7.05. The number of carbonyl (C=O) groups excluding carboxylic acids is 1. The Hall–Kier alpha value is -1.00. The van der Waals surface area contributed by atoms with Crippen molar-refractivity contribution < 1.29 is 4.79 Å². The van der Waals surface area contributed by atoms with Crippen molar-refractivity contribution in [1.82, 2.24) is 0 Å². The van der Waals surface area contributed by atoms with Gasteiger partial charge in [-0.15, -0.1) is 0 Å². The minimum atomic E-state index is -0.745. The first-order valence-corrected chi connectivity index (χ1v) is 4.42. The second-order valence-corrected chi connectivity index (χ2v) is 3.34. The van der Waals surface area contributed by atoms with Gasteiger partial charge in [0.2, 0.25) is 5.91 Å². The molecule has 0 radical (unpaired) electrons. The zero-order chi connectivity index (χ0) is 9.84. The highest BCUT2D eigenvalue weighted by Gasteiger charge is 2.19. The van der Waals surface area contributed by atoms with Crippen LogP contribution in [0, 0.1) is 0 Å². The minimum absolute atomic E-state index is 0.335. The summed E-state index contributed by atoms with van der Waals surface area (Å²) in [6, 6.07) is 8.60. The number of carbonyl (C=O) groups is 1. The predicted octanol–water partition coefficient (Wildman–Crippen LogP) is 0.470. The molecule has 1 aromatic carbocycles. The van der Waals surface area contributed by atoms with E-state index in [2.05, 4.69) is 12.6 Å². The highest BCUT2D eigenvalue weighted by molar-refractivity contribution is 7.80. The van der Waals surface area contributed by atoms with E-state index in [-0.39, 0.29) is 5.25 Å². The molecular formula is C9H12N2OS. The van der Waals surface area contributed by atoms with Crippen LogP contribution < -0.4 is 11.5 Å². The molecule has 0 fully saturated rings. The topological polar surface area (TPSA) is 69.1 Å². The first-order valence-electron chi connectivity index (χ1n) is 3.91. The van der Waals surface area contributed by atoms with E-state index in [9.17, 15) is 4.79 Å². The van der Waals surface area contributed by atoms with Crippen LogP contribution in [0.1, 0.15) is 10.8 Å². The standard InChI is InChI=1S/C9H12N2OS/c10-7(9(11)12)8(13)6-4-2-1-3-5-6/h1-5,7-8,13H,10H2,(H2,11,12)/t7-,8?/m0/s1. The molecule has 0 heterocycles. The fraction of sp³-hybridized carbons (Fsp3) is 0.222. The first kappa shape index (κ1) is 10.1. The number of amides is 1. The van der Waals surface area contributed by atoms with Crippen LogP contribution in [0.15, 0.2) is 30.3 Å². The van der Waals surface area contributed by atoms with Crippen LogP contribution in [0.25, 0.3) is 0 Å². The molecule has 1 amide bonds. The lowest BCUT2D eigenvalue weighted by molar-refractivity contribution is -0.119. The number of primary amides is 1. The molecule has 0 saturated heterocycles. The Morgan fingerprint density at radius 2 is 1.85 bits per heavy atom.